The van der Waals surface area contributed by atoms with Crippen LogP contribution >= 0.6 is 34.2 Å². The van der Waals surface area contributed by atoms with E-state index in [9.17, 15) is 4.79 Å². The summed E-state index contributed by atoms with van der Waals surface area (Å²) in [6.07, 6.45) is 0. The Morgan fingerprint density at radius 2 is 1.70 bits per heavy atom. The number of halogens is 2. The molecule has 0 radical (unpaired) electrons. The lowest BCUT2D eigenvalue weighted by Gasteiger charge is -2.22. The van der Waals surface area contributed by atoms with Crippen LogP contribution in [0.2, 0.25) is 0 Å². The van der Waals surface area contributed by atoms with Crippen molar-refractivity contribution in [3.8, 4) is 0 Å². The van der Waals surface area contributed by atoms with Crippen molar-refractivity contribution in [1.82, 2.24) is 4.90 Å². The summed E-state index contributed by atoms with van der Waals surface area (Å²) in [6.45, 7) is 1.12. The summed E-state index contributed by atoms with van der Waals surface area (Å²) in [5, 5.41) is 0. The minimum absolute atomic E-state index is 0.0194. The summed E-state index contributed by atoms with van der Waals surface area (Å²) in [5.41, 5.74) is 1.81. The number of nitrogens with zero attached hydrogens (tertiary/aromatic N) is 1. The summed E-state index contributed by atoms with van der Waals surface area (Å²) in [4.78, 5) is 14.3. The topological polar surface area (TPSA) is 20.3 Å². The first kappa shape index (κ1) is 15.3. The van der Waals surface area contributed by atoms with E-state index in [2.05, 4.69) is 22.6 Å². The van der Waals surface area contributed by atoms with Crippen LogP contribution < -0.4 is 0 Å². The largest absolute Gasteiger partial charge is 0.333 e. The molecule has 2 aromatic rings. The van der Waals surface area contributed by atoms with E-state index in [1.165, 1.54) is 0 Å². The molecule has 0 saturated heterocycles. The average Bonchev–Trinajstić information content (AvgIpc) is 2.48. The molecular weight excluding hydrogens is 385 g/mol. The average molecular weight is 400 g/mol. The maximum atomic E-state index is 12.5. The molecule has 104 valence electrons. The lowest BCUT2D eigenvalue weighted by Crippen LogP contribution is -2.32. The second-order valence-corrected chi connectivity index (χ2v) is 6.03. The zero-order valence-electron chi connectivity index (χ0n) is 10.9. The van der Waals surface area contributed by atoms with Gasteiger partial charge in [-0.1, -0.05) is 30.3 Å². The van der Waals surface area contributed by atoms with Crippen LogP contribution in [0.15, 0.2) is 54.6 Å². The molecule has 0 heterocycles. The number of amides is 1. The Morgan fingerprint density at radius 1 is 1.05 bits per heavy atom. The zero-order chi connectivity index (χ0) is 14.4. The second-order valence-electron chi connectivity index (χ2n) is 4.41. The summed E-state index contributed by atoms with van der Waals surface area (Å²) in [5.74, 6) is 0.453. The number of hydrogen-bond acceptors (Lipinski definition) is 1. The number of carbonyl (C=O) groups is 1. The number of rotatable bonds is 5. The van der Waals surface area contributed by atoms with Gasteiger partial charge in [-0.2, -0.15) is 0 Å². The van der Waals surface area contributed by atoms with Gasteiger partial charge in [0.05, 0.1) is 0 Å². The molecule has 0 fully saturated rings. The summed E-state index contributed by atoms with van der Waals surface area (Å²) in [6, 6.07) is 17.5. The molecular formula is C16H15ClINO. The number of benzene rings is 2. The molecule has 0 unspecified atom stereocenters. The van der Waals surface area contributed by atoms with Gasteiger partial charge in [-0.15, -0.1) is 11.6 Å². The summed E-state index contributed by atoms with van der Waals surface area (Å²) in [7, 11) is 0. The Hall–Kier alpha value is -1.07. The second kappa shape index (κ2) is 7.64. The highest BCUT2D eigenvalue weighted by Gasteiger charge is 2.15. The Bertz CT molecular complexity index is 556. The molecule has 0 aliphatic heterocycles. The first-order chi connectivity index (χ1) is 9.70. The van der Waals surface area contributed by atoms with Crippen LogP contribution in [-0.2, 0) is 6.54 Å². The maximum Gasteiger partial charge on any atom is 0.254 e. The zero-order valence-corrected chi connectivity index (χ0v) is 13.8. The minimum Gasteiger partial charge on any atom is -0.333 e. The monoisotopic (exact) mass is 399 g/mol. The van der Waals surface area contributed by atoms with Crippen LogP contribution in [0.1, 0.15) is 15.9 Å². The first-order valence-corrected chi connectivity index (χ1v) is 7.97. The van der Waals surface area contributed by atoms with E-state index < -0.39 is 0 Å². The van der Waals surface area contributed by atoms with E-state index in [0.29, 0.717) is 24.5 Å². The van der Waals surface area contributed by atoms with Crippen LogP contribution in [-0.4, -0.2) is 23.2 Å². The Labute approximate surface area is 137 Å². The number of hydrogen-bond donors (Lipinski definition) is 0. The molecule has 2 nitrogen and oxygen atoms in total. The van der Waals surface area contributed by atoms with Gasteiger partial charge in [0.15, 0.2) is 0 Å². The molecule has 0 N–H and O–H groups in total. The number of carbonyl (C=O) groups excluding carboxylic acids is 1. The smallest absolute Gasteiger partial charge is 0.254 e. The quantitative estimate of drug-likeness (QED) is 0.546. The third-order valence-electron chi connectivity index (χ3n) is 2.95. The third-order valence-corrected chi connectivity index (χ3v) is 3.84. The molecule has 20 heavy (non-hydrogen) atoms. The van der Waals surface area contributed by atoms with E-state index in [-0.39, 0.29) is 5.91 Å². The van der Waals surface area contributed by atoms with Crippen molar-refractivity contribution >= 4 is 40.1 Å². The molecule has 0 spiro atoms. The molecule has 4 heteroatoms. The van der Waals surface area contributed by atoms with Gasteiger partial charge in [-0.25, -0.2) is 0 Å². The minimum atomic E-state index is 0.0194. The van der Waals surface area contributed by atoms with Crippen molar-refractivity contribution in [2.45, 2.75) is 6.54 Å². The molecule has 2 aromatic carbocycles. The van der Waals surface area contributed by atoms with Crippen molar-refractivity contribution < 1.29 is 4.79 Å². The SMILES string of the molecule is O=C(c1ccc(I)cc1)N(CCCl)Cc1ccccc1. The summed E-state index contributed by atoms with van der Waals surface area (Å²) < 4.78 is 1.12. The van der Waals surface area contributed by atoms with Gasteiger partial charge in [0.2, 0.25) is 0 Å². The molecule has 0 bridgehead atoms. The van der Waals surface area contributed by atoms with Crippen molar-refractivity contribution in [3.63, 3.8) is 0 Å². The van der Waals surface area contributed by atoms with E-state index in [0.717, 1.165) is 9.13 Å². The molecule has 0 aliphatic rings. The highest BCUT2D eigenvalue weighted by Crippen LogP contribution is 2.12. The Kier molecular flexibility index (Phi) is 5.86. The van der Waals surface area contributed by atoms with Crippen LogP contribution in [0.25, 0.3) is 0 Å². The van der Waals surface area contributed by atoms with Crippen LogP contribution in [0.3, 0.4) is 0 Å². The van der Waals surface area contributed by atoms with Crippen LogP contribution in [0.4, 0.5) is 0 Å². The van der Waals surface area contributed by atoms with Gasteiger partial charge in [0, 0.05) is 28.1 Å². The molecule has 0 aromatic heterocycles. The highest BCUT2D eigenvalue weighted by molar-refractivity contribution is 14.1. The van der Waals surface area contributed by atoms with E-state index in [4.69, 9.17) is 11.6 Å². The van der Waals surface area contributed by atoms with Crippen LogP contribution in [0, 0.1) is 3.57 Å². The third kappa shape index (κ3) is 4.21. The molecule has 0 atom stereocenters. The standard InChI is InChI=1S/C16H15ClINO/c17-10-11-19(12-13-4-2-1-3-5-13)16(20)14-6-8-15(18)9-7-14/h1-9H,10-12H2. The Balaban J connectivity index is 2.15. The van der Waals surface area contributed by atoms with Crippen molar-refractivity contribution in [2.24, 2.45) is 0 Å². The van der Waals surface area contributed by atoms with Gasteiger partial charge in [-0.3, -0.25) is 4.79 Å². The first-order valence-electron chi connectivity index (χ1n) is 6.35. The molecule has 0 aliphatic carbocycles. The van der Waals surface area contributed by atoms with Gasteiger partial charge < -0.3 is 4.90 Å². The molecule has 0 saturated carbocycles. The summed E-state index contributed by atoms with van der Waals surface area (Å²) >= 11 is 8.05. The van der Waals surface area contributed by atoms with E-state index in [1.807, 2.05) is 54.6 Å². The van der Waals surface area contributed by atoms with Gasteiger partial charge >= 0.3 is 0 Å². The highest BCUT2D eigenvalue weighted by atomic mass is 127. The maximum absolute atomic E-state index is 12.5. The van der Waals surface area contributed by atoms with Crippen LogP contribution in [0.5, 0.6) is 0 Å². The van der Waals surface area contributed by atoms with E-state index in [1.54, 1.807) is 4.90 Å². The predicted molar refractivity (Wildman–Crippen MR) is 91.1 cm³/mol. The van der Waals surface area contributed by atoms with Gasteiger partial charge in [0.25, 0.3) is 5.91 Å². The molecule has 1 amide bonds. The van der Waals surface area contributed by atoms with Crippen molar-refractivity contribution in [2.75, 3.05) is 12.4 Å². The fourth-order valence-electron chi connectivity index (χ4n) is 1.93. The van der Waals surface area contributed by atoms with E-state index >= 15 is 0 Å². The van der Waals surface area contributed by atoms with Gasteiger partial charge in [0.1, 0.15) is 0 Å². The van der Waals surface area contributed by atoms with Crippen molar-refractivity contribution in [3.05, 3.63) is 69.3 Å². The van der Waals surface area contributed by atoms with Gasteiger partial charge in [-0.05, 0) is 52.4 Å². The fraction of sp³-hybridized carbons (Fsp3) is 0.188. The fourth-order valence-corrected chi connectivity index (χ4v) is 2.50. The lowest BCUT2D eigenvalue weighted by molar-refractivity contribution is 0.0753. The Morgan fingerprint density at radius 3 is 2.30 bits per heavy atom. The number of alkyl halides is 1. The lowest BCUT2D eigenvalue weighted by atomic mass is 10.1. The predicted octanol–water partition coefficient (Wildman–Crippen LogP) is 4.17. The van der Waals surface area contributed by atoms with Crippen molar-refractivity contribution in [1.29, 1.82) is 0 Å². The normalized spacial score (nSPS) is 10.3. The molecule has 2 rings (SSSR count).